The number of anilines is 1. The molecule has 1 heterocycles. The molecule has 0 saturated heterocycles. The maximum Gasteiger partial charge on any atom is 0.356 e. The maximum absolute atomic E-state index is 11.1. The van der Waals surface area contributed by atoms with Gasteiger partial charge in [0, 0.05) is 18.8 Å². The summed E-state index contributed by atoms with van der Waals surface area (Å²) in [7, 11) is 1.27. The van der Waals surface area contributed by atoms with Crippen molar-refractivity contribution in [1.29, 1.82) is 0 Å². The monoisotopic (exact) mass is 194 g/mol. The van der Waals surface area contributed by atoms with Gasteiger partial charge < -0.3 is 10.1 Å². The number of amides is 1. The lowest BCUT2D eigenvalue weighted by Gasteiger charge is -2.02. The Morgan fingerprint density at radius 2 is 2.21 bits per heavy atom. The molecule has 0 unspecified atom stereocenters. The van der Waals surface area contributed by atoms with Crippen LogP contribution >= 0.6 is 0 Å². The van der Waals surface area contributed by atoms with Crippen molar-refractivity contribution in [3.05, 3.63) is 24.0 Å². The van der Waals surface area contributed by atoms with Crippen LogP contribution in [-0.4, -0.2) is 24.0 Å². The summed E-state index contributed by atoms with van der Waals surface area (Å²) in [6, 6.07) is 3.04. The molecule has 0 radical (unpaired) electrons. The van der Waals surface area contributed by atoms with Gasteiger partial charge in [0.05, 0.1) is 7.11 Å². The van der Waals surface area contributed by atoms with Crippen molar-refractivity contribution in [2.24, 2.45) is 0 Å². The highest BCUT2D eigenvalue weighted by atomic mass is 16.5. The summed E-state index contributed by atoms with van der Waals surface area (Å²) < 4.78 is 4.48. The Kier molecular flexibility index (Phi) is 3.17. The third-order valence-electron chi connectivity index (χ3n) is 1.47. The minimum absolute atomic E-state index is 0.166. The molecule has 0 atom stereocenters. The number of hydrogen-bond acceptors (Lipinski definition) is 4. The normalized spacial score (nSPS) is 9.29. The molecular formula is C9H10N2O3. The zero-order valence-corrected chi connectivity index (χ0v) is 7.90. The van der Waals surface area contributed by atoms with E-state index in [-0.39, 0.29) is 11.6 Å². The Bertz CT molecular complexity index is 363. The van der Waals surface area contributed by atoms with Crippen LogP contribution < -0.4 is 5.32 Å². The lowest BCUT2D eigenvalue weighted by Crippen LogP contribution is -2.09. The number of nitrogens with zero attached hydrogens (tertiary/aromatic N) is 1. The van der Waals surface area contributed by atoms with Crippen LogP contribution in [0.3, 0.4) is 0 Å². The van der Waals surface area contributed by atoms with E-state index in [2.05, 4.69) is 15.0 Å². The topological polar surface area (TPSA) is 68.3 Å². The van der Waals surface area contributed by atoms with E-state index in [9.17, 15) is 9.59 Å². The molecule has 0 spiro atoms. The molecule has 5 nitrogen and oxygen atoms in total. The summed E-state index contributed by atoms with van der Waals surface area (Å²) in [4.78, 5) is 25.6. The zero-order valence-electron chi connectivity index (χ0n) is 7.90. The van der Waals surface area contributed by atoms with Crippen molar-refractivity contribution in [2.75, 3.05) is 12.4 Å². The summed E-state index contributed by atoms with van der Waals surface area (Å²) in [5.74, 6) is -0.732. The Labute approximate surface area is 81.1 Å². The fraction of sp³-hybridized carbons (Fsp3) is 0.222. The maximum atomic E-state index is 11.1. The molecule has 1 aromatic rings. The summed E-state index contributed by atoms with van der Waals surface area (Å²) in [6.45, 7) is 1.39. The van der Waals surface area contributed by atoms with Gasteiger partial charge in [-0.15, -0.1) is 0 Å². The van der Waals surface area contributed by atoms with E-state index < -0.39 is 5.97 Å². The van der Waals surface area contributed by atoms with E-state index in [1.807, 2.05) is 0 Å². The van der Waals surface area contributed by atoms with Crippen molar-refractivity contribution >= 4 is 17.6 Å². The van der Waals surface area contributed by atoms with Crippen molar-refractivity contribution in [2.45, 2.75) is 6.92 Å². The predicted molar refractivity (Wildman–Crippen MR) is 49.9 cm³/mol. The molecule has 0 aliphatic rings. The van der Waals surface area contributed by atoms with Crippen LogP contribution in [0, 0.1) is 0 Å². The molecule has 5 heteroatoms. The standard InChI is InChI=1S/C9H10N2O3/c1-6(12)11-7-3-4-10-8(5-7)9(13)14-2/h3-5H,1-2H3,(H,10,11,12). The van der Waals surface area contributed by atoms with Crippen molar-refractivity contribution in [3.63, 3.8) is 0 Å². The predicted octanol–water partition coefficient (Wildman–Crippen LogP) is 0.827. The smallest absolute Gasteiger partial charge is 0.356 e. The van der Waals surface area contributed by atoms with Crippen LogP contribution in [0.5, 0.6) is 0 Å². The first-order valence-electron chi connectivity index (χ1n) is 3.95. The van der Waals surface area contributed by atoms with Gasteiger partial charge in [0.25, 0.3) is 0 Å². The van der Waals surface area contributed by atoms with Crippen molar-refractivity contribution in [1.82, 2.24) is 4.98 Å². The zero-order chi connectivity index (χ0) is 10.6. The highest BCUT2D eigenvalue weighted by Crippen LogP contribution is 2.08. The SMILES string of the molecule is COC(=O)c1cc(NC(C)=O)ccn1. The van der Waals surface area contributed by atoms with Gasteiger partial charge in [0.15, 0.2) is 0 Å². The van der Waals surface area contributed by atoms with Crippen molar-refractivity contribution < 1.29 is 14.3 Å². The Hall–Kier alpha value is -1.91. The summed E-state index contributed by atoms with van der Waals surface area (Å²) in [5.41, 5.74) is 0.687. The minimum atomic E-state index is -0.530. The summed E-state index contributed by atoms with van der Waals surface area (Å²) >= 11 is 0. The molecule has 0 saturated carbocycles. The molecule has 0 bridgehead atoms. The van der Waals surface area contributed by atoms with Gasteiger partial charge in [0.2, 0.25) is 5.91 Å². The third-order valence-corrected chi connectivity index (χ3v) is 1.47. The molecule has 0 aliphatic heterocycles. The van der Waals surface area contributed by atoms with E-state index >= 15 is 0 Å². The Morgan fingerprint density at radius 3 is 2.79 bits per heavy atom. The van der Waals surface area contributed by atoms with Gasteiger partial charge in [-0.25, -0.2) is 9.78 Å². The Balaban J connectivity index is 2.89. The number of carbonyl (C=O) groups is 2. The number of esters is 1. The lowest BCUT2D eigenvalue weighted by atomic mass is 10.3. The van der Waals surface area contributed by atoms with Gasteiger partial charge in [-0.3, -0.25) is 4.79 Å². The lowest BCUT2D eigenvalue weighted by molar-refractivity contribution is -0.114. The molecule has 74 valence electrons. The van der Waals surface area contributed by atoms with Gasteiger partial charge in [-0.05, 0) is 12.1 Å². The average Bonchev–Trinajstić information content (AvgIpc) is 2.16. The quantitative estimate of drug-likeness (QED) is 0.708. The van der Waals surface area contributed by atoms with Gasteiger partial charge in [-0.2, -0.15) is 0 Å². The van der Waals surface area contributed by atoms with E-state index in [0.717, 1.165) is 0 Å². The van der Waals surface area contributed by atoms with E-state index in [0.29, 0.717) is 5.69 Å². The van der Waals surface area contributed by atoms with Crippen molar-refractivity contribution in [3.8, 4) is 0 Å². The highest BCUT2D eigenvalue weighted by Gasteiger charge is 2.07. The van der Waals surface area contributed by atoms with E-state index in [4.69, 9.17) is 0 Å². The number of pyridine rings is 1. The molecular weight excluding hydrogens is 184 g/mol. The molecule has 1 rings (SSSR count). The number of aromatic nitrogens is 1. The molecule has 0 fully saturated rings. The second kappa shape index (κ2) is 4.36. The molecule has 1 N–H and O–H groups in total. The number of methoxy groups -OCH3 is 1. The summed E-state index contributed by atoms with van der Waals surface area (Å²) in [5, 5.41) is 2.54. The number of hydrogen-bond donors (Lipinski definition) is 1. The van der Waals surface area contributed by atoms with Crippen LogP contribution in [0.4, 0.5) is 5.69 Å². The highest BCUT2D eigenvalue weighted by molar-refractivity contribution is 5.92. The number of carbonyl (C=O) groups excluding carboxylic acids is 2. The first kappa shape index (κ1) is 10.2. The largest absolute Gasteiger partial charge is 0.464 e. The average molecular weight is 194 g/mol. The fourth-order valence-corrected chi connectivity index (χ4v) is 0.928. The third kappa shape index (κ3) is 2.55. The van der Waals surface area contributed by atoms with E-state index in [1.165, 1.54) is 26.3 Å². The fourth-order valence-electron chi connectivity index (χ4n) is 0.928. The Morgan fingerprint density at radius 1 is 1.50 bits per heavy atom. The van der Waals surface area contributed by atoms with Gasteiger partial charge in [-0.1, -0.05) is 0 Å². The van der Waals surface area contributed by atoms with Gasteiger partial charge in [0.1, 0.15) is 5.69 Å². The van der Waals surface area contributed by atoms with Crippen LogP contribution in [0.25, 0.3) is 0 Å². The van der Waals surface area contributed by atoms with Gasteiger partial charge >= 0.3 is 5.97 Å². The van der Waals surface area contributed by atoms with Crippen LogP contribution in [0.1, 0.15) is 17.4 Å². The number of nitrogens with one attached hydrogen (secondary N) is 1. The molecule has 1 aromatic heterocycles. The van der Waals surface area contributed by atoms with Crippen LogP contribution in [0.2, 0.25) is 0 Å². The second-order valence-electron chi connectivity index (χ2n) is 2.60. The minimum Gasteiger partial charge on any atom is -0.464 e. The first-order valence-corrected chi connectivity index (χ1v) is 3.95. The van der Waals surface area contributed by atoms with Crippen LogP contribution in [0.15, 0.2) is 18.3 Å². The molecule has 0 aromatic carbocycles. The molecule has 1 amide bonds. The second-order valence-corrected chi connectivity index (χ2v) is 2.60. The van der Waals surface area contributed by atoms with E-state index in [1.54, 1.807) is 6.07 Å². The van der Waals surface area contributed by atoms with Crippen LogP contribution in [-0.2, 0) is 9.53 Å². The number of ether oxygens (including phenoxy) is 1. The summed E-state index contributed by atoms with van der Waals surface area (Å²) in [6.07, 6.45) is 1.43. The number of rotatable bonds is 2. The molecule has 14 heavy (non-hydrogen) atoms. The first-order chi connectivity index (χ1) is 6.63. The molecule has 0 aliphatic carbocycles.